The molecule has 2 rings (SSSR count). The number of fused-ring (bicyclic) bond motifs is 1. The van der Waals surface area contributed by atoms with Gasteiger partial charge in [-0.2, -0.15) is 0 Å². The Morgan fingerprint density at radius 2 is 1.80 bits per heavy atom. The number of H-pyrrole nitrogens is 1. The van der Waals surface area contributed by atoms with Crippen molar-refractivity contribution in [3.05, 3.63) is 35.5 Å². The molecule has 136 valence electrons. The van der Waals surface area contributed by atoms with E-state index in [1.54, 1.807) is 0 Å². The molecule has 1 atom stereocenters. The summed E-state index contributed by atoms with van der Waals surface area (Å²) in [5.41, 5.74) is 3.35. The quantitative estimate of drug-likeness (QED) is 0.530. The Morgan fingerprint density at radius 3 is 2.52 bits per heavy atom. The zero-order chi connectivity index (χ0) is 18.2. The third-order valence-electron chi connectivity index (χ3n) is 4.52. The molecule has 5 nitrogen and oxygen atoms in total. The molecule has 1 aromatic heterocycles. The highest BCUT2D eigenvalue weighted by molar-refractivity contribution is 5.86. The number of aromatic nitrogens is 1. The summed E-state index contributed by atoms with van der Waals surface area (Å²) in [5, 5.41) is 4.26. The lowest BCUT2D eigenvalue weighted by Crippen LogP contribution is -2.26. The second-order valence-corrected chi connectivity index (χ2v) is 6.49. The van der Waals surface area contributed by atoms with Crippen molar-refractivity contribution in [3.63, 3.8) is 0 Å². The minimum Gasteiger partial charge on any atom is -0.469 e. The van der Waals surface area contributed by atoms with Crippen LogP contribution in [0.4, 0.5) is 0 Å². The average molecular weight is 344 g/mol. The van der Waals surface area contributed by atoms with Gasteiger partial charge in [-0.25, -0.2) is 0 Å². The number of hydrogen-bond acceptors (Lipinski definition) is 3. The molecule has 0 aliphatic heterocycles. The van der Waals surface area contributed by atoms with E-state index in [9.17, 15) is 9.59 Å². The molecule has 25 heavy (non-hydrogen) atoms. The molecule has 2 aromatic rings. The fourth-order valence-corrected chi connectivity index (χ4v) is 3.25. The smallest absolute Gasteiger partial charge is 0.305 e. The first kappa shape index (κ1) is 19.0. The van der Waals surface area contributed by atoms with E-state index in [2.05, 4.69) is 27.2 Å². The summed E-state index contributed by atoms with van der Waals surface area (Å²) in [7, 11) is 1.41. The topological polar surface area (TPSA) is 71.2 Å². The Kier molecular flexibility index (Phi) is 7.04. The first-order valence-corrected chi connectivity index (χ1v) is 8.96. The van der Waals surface area contributed by atoms with Crippen LogP contribution in [0.25, 0.3) is 10.9 Å². The van der Waals surface area contributed by atoms with Gasteiger partial charge in [-0.05, 0) is 32.8 Å². The van der Waals surface area contributed by atoms with Gasteiger partial charge in [0.1, 0.15) is 0 Å². The molecular weight excluding hydrogens is 316 g/mol. The highest BCUT2D eigenvalue weighted by atomic mass is 16.5. The zero-order valence-corrected chi connectivity index (χ0v) is 15.4. The van der Waals surface area contributed by atoms with E-state index in [0.29, 0.717) is 12.8 Å². The van der Waals surface area contributed by atoms with Crippen LogP contribution >= 0.6 is 0 Å². The highest BCUT2D eigenvalue weighted by Gasteiger charge is 2.16. The summed E-state index contributed by atoms with van der Waals surface area (Å²) in [4.78, 5) is 26.6. The van der Waals surface area contributed by atoms with Crippen molar-refractivity contribution >= 4 is 22.8 Å². The number of aromatic amines is 1. The molecule has 0 aliphatic rings. The second-order valence-electron chi connectivity index (χ2n) is 6.49. The molecule has 1 unspecified atom stereocenters. The van der Waals surface area contributed by atoms with Gasteiger partial charge >= 0.3 is 5.97 Å². The number of hydrogen-bond donors (Lipinski definition) is 2. The van der Waals surface area contributed by atoms with Crippen molar-refractivity contribution in [2.24, 2.45) is 0 Å². The molecule has 0 saturated heterocycles. The molecule has 2 N–H and O–H groups in total. The molecule has 1 heterocycles. The fourth-order valence-electron chi connectivity index (χ4n) is 3.25. The van der Waals surface area contributed by atoms with Crippen molar-refractivity contribution in [1.82, 2.24) is 10.3 Å². The first-order chi connectivity index (χ1) is 12.0. The van der Waals surface area contributed by atoms with Gasteiger partial charge in [0.15, 0.2) is 0 Å². The number of benzene rings is 1. The van der Waals surface area contributed by atoms with Gasteiger partial charge in [-0.15, -0.1) is 0 Å². The predicted molar refractivity (Wildman–Crippen MR) is 99.3 cm³/mol. The third kappa shape index (κ3) is 5.34. The van der Waals surface area contributed by atoms with Crippen LogP contribution in [0.5, 0.6) is 0 Å². The Balaban J connectivity index is 1.76. The van der Waals surface area contributed by atoms with Crippen molar-refractivity contribution in [1.29, 1.82) is 0 Å². The van der Waals surface area contributed by atoms with Gasteiger partial charge in [-0.3, -0.25) is 9.59 Å². The molecule has 0 saturated carbocycles. The number of esters is 1. The largest absolute Gasteiger partial charge is 0.469 e. The van der Waals surface area contributed by atoms with Crippen molar-refractivity contribution in [2.75, 3.05) is 7.11 Å². The first-order valence-electron chi connectivity index (χ1n) is 8.96. The Bertz CT molecular complexity index is 721. The molecule has 0 fully saturated rings. The van der Waals surface area contributed by atoms with Gasteiger partial charge in [0.25, 0.3) is 0 Å². The summed E-state index contributed by atoms with van der Waals surface area (Å²) in [6.45, 7) is 4.07. The predicted octanol–water partition coefficient (Wildman–Crippen LogP) is 4.17. The van der Waals surface area contributed by atoms with Crippen molar-refractivity contribution < 1.29 is 14.3 Å². The lowest BCUT2D eigenvalue weighted by molar-refractivity contribution is -0.140. The van der Waals surface area contributed by atoms with E-state index in [1.807, 2.05) is 26.0 Å². The number of rotatable bonds is 9. The monoisotopic (exact) mass is 344 g/mol. The lowest BCUT2D eigenvalue weighted by Gasteiger charge is -2.15. The van der Waals surface area contributed by atoms with Gasteiger partial charge < -0.3 is 15.0 Å². The van der Waals surface area contributed by atoms with E-state index in [0.717, 1.165) is 47.8 Å². The van der Waals surface area contributed by atoms with E-state index in [4.69, 9.17) is 0 Å². The van der Waals surface area contributed by atoms with Crippen LogP contribution in [-0.2, 0) is 14.3 Å². The zero-order valence-electron chi connectivity index (χ0n) is 15.4. The summed E-state index contributed by atoms with van der Waals surface area (Å²) < 4.78 is 4.61. The third-order valence-corrected chi connectivity index (χ3v) is 4.52. The van der Waals surface area contributed by atoms with Crippen LogP contribution in [0.2, 0.25) is 0 Å². The number of carbonyl (C=O) groups excluding carboxylic acids is 2. The van der Waals surface area contributed by atoms with E-state index < -0.39 is 0 Å². The fraction of sp³-hybridized carbons (Fsp3) is 0.500. The normalized spacial score (nSPS) is 12.1. The molecule has 5 heteroatoms. The minimum atomic E-state index is -0.166. The van der Waals surface area contributed by atoms with Crippen LogP contribution in [0.15, 0.2) is 24.3 Å². The number of para-hydroxylation sites is 1. The second kappa shape index (κ2) is 9.25. The number of ether oxygens (including phenoxy) is 1. The molecule has 1 amide bonds. The molecule has 0 radical (unpaired) electrons. The van der Waals surface area contributed by atoms with E-state index >= 15 is 0 Å². The number of nitrogens with one attached hydrogen (secondary N) is 2. The number of aryl methyl sites for hydroxylation is 1. The SMILES string of the molecule is COC(=O)CCCCCCC(=O)NC(C)c1c(C)[nH]c2ccccc12. The van der Waals surface area contributed by atoms with Crippen molar-refractivity contribution in [3.8, 4) is 0 Å². The molecule has 1 aromatic carbocycles. The molecule has 0 aliphatic carbocycles. The van der Waals surface area contributed by atoms with Gasteiger partial charge in [-0.1, -0.05) is 31.0 Å². The Morgan fingerprint density at radius 1 is 1.12 bits per heavy atom. The number of methoxy groups -OCH3 is 1. The maximum Gasteiger partial charge on any atom is 0.305 e. The van der Waals surface area contributed by atoms with Gasteiger partial charge in [0, 0.05) is 35.0 Å². The van der Waals surface area contributed by atoms with Crippen LogP contribution in [0.3, 0.4) is 0 Å². The van der Waals surface area contributed by atoms with Crippen LogP contribution in [0, 0.1) is 6.92 Å². The van der Waals surface area contributed by atoms with Crippen LogP contribution in [0.1, 0.15) is 62.7 Å². The highest BCUT2D eigenvalue weighted by Crippen LogP contribution is 2.27. The molecule has 0 spiro atoms. The maximum absolute atomic E-state index is 12.2. The van der Waals surface area contributed by atoms with E-state index in [1.165, 1.54) is 7.11 Å². The summed E-state index contributed by atoms with van der Waals surface area (Å²) in [6.07, 6.45) is 4.53. The van der Waals surface area contributed by atoms with Crippen molar-refractivity contribution in [2.45, 2.75) is 58.4 Å². The number of amides is 1. The summed E-state index contributed by atoms with van der Waals surface area (Å²) in [5.74, 6) is -0.0918. The standard InChI is InChI=1S/C20H28N2O3/c1-14-20(16-10-8-9-11-17(16)21-14)15(2)22-18(23)12-6-4-5-7-13-19(24)25-3/h8-11,15,21H,4-7,12-13H2,1-3H3,(H,22,23). The van der Waals surface area contributed by atoms with Gasteiger partial charge in [0.05, 0.1) is 13.2 Å². The lowest BCUT2D eigenvalue weighted by atomic mass is 10.0. The van der Waals surface area contributed by atoms with Crippen LogP contribution in [-0.4, -0.2) is 24.0 Å². The average Bonchev–Trinajstić information content (AvgIpc) is 2.93. The summed E-state index contributed by atoms with van der Waals surface area (Å²) >= 11 is 0. The number of carbonyl (C=O) groups is 2. The summed E-state index contributed by atoms with van der Waals surface area (Å²) in [6, 6.07) is 8.13. The molecular formula is C20H28N2O3. The number of unbranched alkanes of at least 4 members (excludes halogenated alkanes) is 3. The van der Waals surface area contributed by atoms with E-state index in [-0.39, 0.29) is 17.9 Å². The van der Waals surface area contributed by atoms with Crippen LogP contribution < -0.4 is 5.32 Å². The maximum atomic E-state index is 12.2. The minimum absolute atomic E-state index is 0.0250. The molecule has 0 bridgehead atoms. The Labute approximate surface area is 149 Å². The van der Waals surface area contributed by atoms with Gasteiger partial charge in [0.2, 0.25) is 5.91 Å². The Hall–Kier alpha value is -2.30.